The number of hydrogen-bond donors (Lipinski definition) is 3. The molecule has 2 fully saturated rings. The van der Waals surface area contributed by atoms with Crippen molar-refractivity contribution in [3.63, 3.8) is 0 Å². The normalized spacial score (nSPS) is 21.7. The molecule has 10 heteroatoms. The van der Waals surface area contributed by atoms with Crippen LogP contribution in [0, 0.1) is 0 Å². The summed E-state index contributed by atoms with van der Waals surface area (Å²) in [6, 6.07) is -0.139. The highest BCUT2D eigenvalue weighted by Crippen LogP contribution is 2.40. The van der Waals surface area contributed by atoms with Gasteiger partial charge < -0.3 is 25.0 Å². The molecule has 0 unspecified atom stereocenters. The Labute approximate surface area is 195 Å². The number of H-pyrrole nitrogens is 1. The fraction of sp³-hybridized carbons (Fsp3) is 0.591. The number of carbonyl (C=O) groups is 2. The number of amides is 2. The molecule has 2 aliphatic heterocycles. The van der Waals surface area contributed by atoms with Gasteiger partial charge in [0.2, 0.25) is 0 Å². The third-order valence-electron chi connectivity index (χ3n) is 6.12. The molecule has 0 aliphatic carbocycles. The van der Waals surface area contributed by atoms with Crippen molar-refractivity contribution in [1.29, 1.82) is 0 Å². The largest absolute Gasteiger partial charge is 0.465 e. The van der Waals surface area contributed by atoms with Gasteiger partial charge in [0.05, 0.1) is 27.3 Å². The van der Waals surface area contributed by atoms with Crippen molar-refractivity contribution in [2.45, 2.75) is 64.1 Å². The molecule has 2 saturated heterocycles. The third kappa shape index (κ3) is 4.43. The number of carbonyl (C=O) groups excluding carboxylic acids is 1. The Morgan fingerprint density at radius 1 is 1.34 bits per heavy atom. The number of anilines is 2. The topological polar surface area (TPSA) is 111 Å². The molecule has 0 aromatic carbocycles. The maximum Gasteiger partial charge on any atom is 0.408 e. The SMILES string of the molecule is CC(C)(C)N(C(=O)O)[C@@H]1CCCN(c2c(Br)cnc3[nH]cc(NC(=O)[C@@H]4CCCO4)c23)C1. The number of nitrogens with one attached hydrogen (secondary N) is 2. The lowest BCUT2D eigenvalue weighted by Gasteiger charge is -2.45. The monoisotopic (exact) mass is 507 g/mol. The fourth-order valence-electron chi connectivity index (χ4n) is 4.82. The number of nitrogens with zero attached hydrogens (tertiary/aromatic N) is 3. The smallest absolute Gasteiger partial charge is 0.408 e. The average molecular weight is 508 g/mol. The number of rotatable bonds is 4. The third-order valence-corrected chi connectivity index (χ3v) is 6.70. The fourth-order valence-corrected chi connectivity index (χ4v) is 5.37. The van der Waals surface area contributed by atoms with E-state index >= 15 is 0 Å². The molecule has 2 atom stereocenters. The molecule has 0 bridgehead atoms. The Balaban J connectivity index is 1.67. The number of piperidine rings is 1. The Hall–Kier alpha value is -2.33. The van der Waals surface area contributed by atoms with E-state index in [-0.39, 0.29) is 11.9 Å². The second-order valence-corrected chi connectivity index (χ2v) is 10.3. The number of fused-ring (bicyclic) bond motifs is 1. The van der Waals surface area contributed by atoms with E-state index < -0.39 is 17.7 Å². The van der Waals surface area contributed by atoms with E-state index in [1.165, 1.54) is 0 Å². The van der Waals surface area contributed by atoms with Crippen LogP contribution < -0.4 is 10.2 Å². The van der Waals surface area contributed by atoms with Crippen molar-refractivity contribution in [2.75, 3.05) is 29.9 Å². The minimum absolute atomic E-state index is 0.139. The van der Waals surface area contributed by atoms with Gasteiger partial charge in [-0.25, -0.2) is 9.78 Å². The Morgan fingerprint density at radius 3 is 2.78 bits per heavy atom. The molecule has 2 aromatic heterocycles. The highest BCUT2D eigenvalue weighted by molar-refractivity contribution is 9.10. The van der Waals surface area contributed by atoms with Crippen LogP contribution in [0.5, 0.6) is 0 Å². The maximum atomic E-state index is 12.7. The van der Waals surface area contributed by atoms with E-state index in [0.29, 0.717) is 30.9 Å². The van der Waals surface area contributed by atoms with E-state index in [9.17, 15) is 14.7 Å². The molecule has 174 valence electrons. The summed E-state index contributed by atoms with van der Waals surface area (Å²) in [5.74, 6) is -0.157. The summed E-state index contributed by atoms with van der Waals surface area (Å²) < 4.78 is 6.32. The number of carboxylic acid groups (broad SMARTS) is 1. The highest BCUT2D eigenvalue weighted by Gasteiger charge is 2.37. The Kier molecular flexibility index (Phi) is 6.35. The molecule has 4 rings (SSSR count). The van der Waals surface area contributed by atoms with Gasteiger partial charge in [-0.2, -0.15) is 0 Å². The quantitative estimate of drug-likeness (QED) is 0.571. The summed E-state index contributed by atoms with van der Waals surface area (Å²) in [6.45, 7) is 7.72. The zero-order chi connectivity index (χ0) is 23.0. The van der Waals surface area contributed by atoms with Crippen LogP contribution in [-0.4, -0.2) is 69.4 Å². The first-order chi connectivity index (χ1) is 15.2. The lowest BCUT2D eigenvalue weighted by atomic mass is 9.97. The van der Waals surface area contributed by atoms with E-state index in [1.54, 1.807) is 17.3 Å². The first-order valence-electron chi connectivity index (χ1n) is 11.0. The van der Waals surface area contributed by atoms with Crippen molar-refractivity contribution < 1.29 is 19.4 Å². The first-order valence-corrected chi connectivity index (χ1v) is 11.8. The predicted octanol–water partition coefficient (Wildman–Crippen LogP) is 4.19. The van der Waals surface area contributed by atoms with E-state index in [1.807, 2.05) is 20.8 Å². The van der Waals surface area contributed by atoms with Crippen molar-refractivity contribution in [2.24, 2.45) is 0 Å². The van der Waals surface area contributed by atoms with Gasteiger partial charge in [-0.05, 0) is 62.4 Å². The molecule has 3 N–H and O–H groups in total. The van der Waals surface area contributed by atoms with Gasteiger partial charge in [0.25, 0.3) is 5.91 Å². The zero-order valence-corrected chi connectivity index (χ0v) is 20.2. The van der Waals surface area contributed by atoms with Crippen molar-refractivity contribution in [3.8, 4) is 0 Å². The number of hydrogen-bond acceptors (Lipinski definition) is 5. The molecule has 4 heterocycles. The predicted molar refractivity (Wildman–Crippen MR) is 126 cm³/mol. The second kappa shape index (κ2) is 8.90. The molecule has 0 saturated carbocycles. The summed E-state index contributed by atoms with van der Waals surface area (Å²) in [6.07, 6.45) is 5.42. The molecule has 2 aliphatic rings. The van der Waals surface area contributed by atoms with Crippen LogP contribution in [0.1, 0.15) is 46.5 Å². The van der Waals surface area contributed by atoms with Gasteiger partial charge >= 0.3 is 6.09 Å². The van der Waals surface area contributed by atoms with Crippen LogP contribution in [-0.2, 0) is 9.53 Å². The minimum Gasteiger partial charge on any atom is -0.465 e. The standard InChI is InChI=1S/C22H30BrN5O4/c1-22(2,3)28(21(30)31)13-6-4-8-27(12-13)18-14(23)10-24-19-17(18)15(11-25-19)26-20(29)16-7-5-9-32-16/h10-11,13,16H,4-9,12H2,1-3H3,(H,24,25)(H,26,29)(H,30,31)/t13-,16+/m1/s1. The molecule has 0 radical (unpaired) electrons. The lowest BCUT2D eigenvalue weighted by Crippen LogP contribution is -2.56. The van der Waals surface area contributed by atoms with E-state index in [4.69, 9.17) is 4.74 Å². The molecule has 9 nitrogen and oxygen atoms in total. The summed E-state index contributed by atoms with van der Waals surface area (Å²) in [7, 11) is 0. The van der Waals surface area contributed by atoms with Gasteiger partial charge in [-0.3, -0.25) is 9.69 Å². The summed E-state index contributed by atoms with van der Waals surface area (Å²) in [5, 5.41) is 13.7. The number of aromatic amines is 1. The van der Waals surface area contributed by atoms with Crippen LogP contribution in [0.15, 0.2) is 16.9 Å². The van der Waals surface area contributed by atoms with Gasteiger partial charge in [-0.15, -0.1) is 0 Å². The second-order valence-electron chi connectivity index (χ2n) is 9.44. The zero-order valence-electron chi connectivity index (χ0n) is 18.7. The highest BCUT2D eigenvalue weighted by atomic mass is 79.9. The van der Waals surface area contributed by atoms with Gasteiger partial charge in [0.15, 0.2) is 0 Å². The summed E-state index contributed by atoms with van der Waals surface area (Å²) in [5.41, 5.74) is 1.72. The van der Waals surface area contributed by atoms with Crippen molar-refractivity contribution in [1.82, 2.24) is 14.9 Å². The van der Waals surface area contributed by atoms with E-state index in [2.05, 4.69) is 36.1 Å². The number of ether oxygens (including phenoxy) is 1. The Morgan fingerprint density at radius 2 is 2.12 bits per heavy atom. The number of aromatic nitrogens is 2. The van der Waals surface area contributed by atoms with E-state index in [0.717, 1.165) is 41.4 Å². The van der Waals surface area contributed by atoms with Crippen molar-refractivity contribution >= 4 is 50.3 Å². The summed E-state index contributed by atoms with van der Waals surface area (Å²) >= 11 is 3.64. The van der Waals surface area contributed by atoms with Crippen LogP contribution in [0.25, 0.3) is 11.0 Å². The lowest BCUT2D eigenvalue weighted by molar-refractivity contribution is -0.124. The van der Waals surface area contributed by atoms with Crippen LogP contribution in [0.2, 0.25) is 0 Å². The minimum atomic E-state index is -0.908. The first kappa shape index (κ1) is 22.8. The number of halogens is 1. The molecule has 2 amide bonds. The van der Waals surface area contributed by atoms with Crippen LogP contribution in [0.4, 0.5) is 16.2 Å². The van der Waals surface area contributed by atoms with Crippen molar-refractivity contribution in [3.05, 3.63) is 16.9 Å². The van der Waals surface area contributed by atoms with Gasteiger partial charge in [0.1, 0.15) is 11.8 Å². The summed E-state index contributed by atoms with van der Waals surface area (Å²) in [4.78, 5) is 36.1. The van der Waals surface area contributed by atoms with Gasteiger partial charge in [-0.1, -0.05) is 0 Å². The Bertz CT molecular complexity index is 1010. The van der Waals surface area contributed by atoms with Gasteiger partial charge in [0, 0.05) is 37.6 Å². The van der Waals surface area contributed by atoms with Crippen LogP contribution >= 0.6 is 15.9 Å². The molecular formula is C22H30BrN5O4. The molecule has 2 aromatic rings. The molecule has 32 heavy (non-hydrogen) atoms. The molecular weight excluding hydrogens is 478 g/mol. The average Bonchev–Trinajstić information content (AvgIpc) is 3.37. The van der Waals surface area contributed by atoms with Crippen LogP contribution in [0.3, 0.4) is 0 Å². The molecule has 0 spiro atoms. The number of pyridine rings is 1. The maximum absolute atomic E-state index is 12.7.